The maximum absolute atomic E-state index is 12.8. The van der Waals surface area contributed by atoms with Crippen molar-refractivity contribution in [3.63, 3.8) is 0 Å². The second-order valence-corrected chi connectivity index (χ2v) is 9.38. The summed E-state index contributed by atoms with van der Waals surface area (Å²) in [4.78, 5) is 12.8. The van der Waals surface area contributed by atoms with Gasteiger partial charge in [-0.1, -0.05) is 63.0 Å². The first-order valence-electron chi connectivity index (χ1n) is 11.2. The molecule has 0 heterocycles. The number of halogens is 1. The number of nitriles is 1. The SMILES string of the molecule is CCOc1cc(/C=C(\C#N)C(=O)Nc2ccc(C)cc2C)cc(Br)c1Cc1cc(C)cc(C)c1. The van der Waals surface area contributed by atoms with E-state index in [1.165, 1.54) is 16.7 Å². The van der Waals surface area contributed by atoms with E-state index in [1.54, 1.807) is 6.08 Å². The predicted molar refractivity (Wildman–Crippen MR) is 142 cm³/mol. The first-order chi connectivity index (χ1) is 16.2. The van der Waals surface area contributed by atoms with Crippen molar-refractivity contribution in [2.75, 3.05) is 11.9 Å². The Labute approximate surface area is 210 Å². The number of hydrogen-bond donors (Lipinski definition) is 1. The van der Waals surface area contributed by atoms with Crippen LogP contribution in [0.5, 0.6) is 5.75 Å². The van der Waals surface area contributed by atoms with E-state index in [4.69, 9.17) is 4.74 Å². The van der Waals surface area contributed by atoms with E-state index in [0.717, 1.165) is 26.9 Å². The Balaban J connectivity index is 1.93. The van der Waals surface area contributed by atoms with Crippen LogP contribution in [0.15, 0.2) is 58.6 Å². The standard InChI is InChI=1S/C29H29BrN2O2/c1-6-34-28-16-23(15-26(30)25(28)14-22-11-19(3)9-20(4)12-22)13-24(17-31)29(33)32-27-8-7-18(2)10-21(27)5/h7-13,15-16H,6,14H2,1-5H3,(H,32,33)/b24-13+. The molecule has 0 aliphatic heterocycles. The van der Waals surface area contributed by atoms with Gasteiger partial charge in [0, 0.05) is 22.1 Å². The number of anilines is 1. The molecule has 174 valence electrons. The molecule has 3 aromatic carbocycles. The molecule has 0 unspecified atom stereocenters. The molecule has 1 amide bonds. The van der Waals surface area contributed by atoms with Gasteiger partial charge in [-0.2, -0.15) is 5.26 Å². The zero-order chi connectivity index (χ0) is 24.8. The maximum atomic E-state index is 12.8. The topological polar surface area (TPSA) is 62.1 Å². The molecule has 34 heavy (non-hydrogen) atoms. The maximum Gasteiger partial charge on any atom is 0.266 e. The fourth-order valence-corrected chi connectivity index (χ4v) is 4.60. The predicted octanol–water partition coefficient (Wildman–Crippen LogP) is 7.22. The molecule has 0 atom stereocenters. The molecule has 0 aliphatic carbocycles. The summed E-state index contributed by atoms with van der Waals surface area (Å²) in [7, 11) is 0. The minimum absolute atomic E-state index is 0.0244. The van der Waals surface area contributed by atoms with Crippen molar-refractivity contribution in [1.29, 1.82) is 5.26 Å². The van der Waals surface area contributed by atoms with Crippen molar-refractivity contribution in [1.82, 2.24) is 0 Å². The van der Waals surface area contributed by atoms with Crippen molar-refractivity contribution < 1.29 is 9.53 Å². The van der Waals surface area contributed by atoms with E-state index in [9.17, 15) is 10.1 Å². The molecular weight excluding hydrogens is 488 g/mol. The van der Waals surface area contributed by atoms with Crippen LogP contribution in [0.1, 0.15) is 45.9 Å². The fourth-order valence-electron chi connectivity index (χ4n) is 4.00. The summed E-state index contributed by atoms with van der Waals surface area (Å²) in [6.45, 7) is 10.6. The minimum Gasteiger partial charge on any atom is -0.494 e. The van der Waals surface area contributed by atoms with Gasteiger partial charge in [0.25, 0.3) is 5.91 Å². The molecule has 3 rings (SSSR count). The largest absolute Gasteiger partial charge is 0.494 e. The summed E-state index contributed by atoms with van der Waals surface area (Å²) in [6, 6.07) is 18.1. The molecular formula is C29H29BrN2O2. The van der Waals surface area contributed by atoms with Crippen LogP contribution in [-0.2, 0) is 11.2 Å². The number of rotatable bonds is 7. The lowest BCUT2D eigenvalue weighted by Gasteiger charge is -2.15. The second-order valence-electron chi connectivity index (χ2n) is 8.53. The van der Waals surface area contributed by atoms with Crippen LogP contribution in [-0.4, -0.2) is 12.5 Å². The van der Waals surface area contributed by atoms with Crippen LogP contribution >= 0.6 is 15.9 Å². The Morgan fingerprint density at radius 1 is 1.03 bits per heavy atom. The van der Waals surface area contributed by atoms with Crippen molar-refractivity contribution in [3.05, 3.63) is 97.5 Å². The number of nitrogens with one attached hydrogen (secondary N) is 1. The number of amides is 1. The van der Waals surface area contributed by atoms with Crippen molar-refractivity contribution in [2.45, 2.75) is 41.0 Å². The molecule has 0 bridgehead atoms. The van der Waals surface area contributed by atoms with E-state index in [1.807, 2.05) is 57.2 Å². The molecule has 0 saturated heterocycles. The monoisotopic (exact) mass is 516 g/mol. The molecule has 0 aromatic heterocycles. The van der Waals surface area contributed by atoms with Gasteiger partial charge < -0.3 is 10.1 Å². The summed E-state index contributed by atoms with van der Waals surface area (Å²) >= 11 is 3.69. The van der Waals surface area contributed by atoms with Crippen molar-refractivity contribution in [3.8, 4) is 11.8 Å². The van der Waals surface area contributed by atoms with Crippen LogP contribution in [0.3, 0.4) is 0 Å². The van der Waals surface area contributed by atoms with Crippen molar-refractivity contribution >= 4 is 33.6 Å². The third kappa shape index (κ3) is 6.36. The molecule has 0 aliphatic rings. The first kappa shape index (κ1) is 25.3. The average Bonchev–Trinajstić information content (AvgIpc) is 2.76. The van der Waals surface area contributed by atoms with E-state index in [-0.39, 0.29) is 5.57 Å². The van der Waals surface area contributed by atoms with Gasteiger partial charge in [-0.05, 0) is 75.6 Å². The quantitative estimate of drug-likeness (QED) is 0.266. The molecule has 3 aromatic rings. The van der Waals surface area contributed by atoms with Gasteiger partial charge in [-0.25, -0.2) is 0 Å². The number of benzene rings is 3. The minimum atomic E-state index is -0.442. The highest BCUT2D eigenvalue weighted by atomic mass is 79.9. The molecule has 1 N–H and O–H groups in total. The summed E-state index contributed by atoms with van der Waals surface area (Å²) in [6.07, 6.45) is 2.30. The van der Waals surface area contributed by atoms with Crippen LogP contribution in [0, 0.1) is 39.0 Å². The summed E-state index contributed by atoms with van der Waals surface area (Å²) < 4.78 is 6.82. The van der Waals surface area contributed by atoms with E-state index in [2.05, 4.69) is 53.3 Å². The first-order valence-corrected chi connectivity index (χ1v) is 12.0. The van der Waals surface area contributed by atoms with Gasteiger partial charge in [0.05, 0.1) is 6.61 Å². The van der Waals surface area contributed by atoms with Gasteiger partial charge in [0.15, 0.2) is 0 Å². The summed E-state index contributed by atoms with van der Waals surface area (Å²) in [5, 5.41) is 12.5. The third-order valence-electron chi connectivity index (χ3n) is 5.45. The molecule has 5 heteroatoms. The molecule has 0 spiro atoms. The zero-order valence-corrected chi connectivity index (χ0v) is 21.8. The van der Waals surface area contributed by atoms with Crippen LogP contribution in [0.2, 0.25) is 0 Å². The molecule has 4 nitrogen and oxygen atoms in total. The number of ether oxygens (including phenoxy) is 1. The Hall–Kier alpha value is -3.36. The highest BCUT2D eigenvalue weighted by molar-refractivity contribution is 9.10. The average molecular weight is 517 g/mol. The number of carbonyl (C=O) groups excluding carboxylic acids is 1. The lowest BCUT2D eigenvalue weighted by atomic mass is 9.98. The number of hydrogen-bond acceptors (Lipinski definition) is 3. The van der Waals surface area contributed by atoms with E-state index < -0.39 is 5.91 Å². The van der Waals surface area contributed by atoms with Gasteiger partial charge in [0.1, 0.15) is 17.4 Å². The molecule has 0 saturated carbocycles. The molecule has 0 fully saturated rings. The Morgan fingerprint density at radius 2 is 1.74 bits per heavy atom. The lowest BCUT2D eigenvalue weighted by molar-refractivity contribution is -0.112. The highest BCUT2D eigenvalue weighted by Crippen LogP contribution is 2.33. The normalized spacial score (nSPS) is 11.1. The Kier molecular flexibility index (Phi) is 8.31. The number of carbonyl (C=O) groups is 1. The van der Waals surface area contributed by atoms with Crippen molar-refractivity contribution in [2.24, 2.45) is 0 Å². The number of nitrogens with zero attached hydrogens (tertiary/aromatic N) is 1. The van der Waals surface area contributed by atoms with Crippen LogP contribution in [0.25, 0.3) is 6.08 Å². The van der Waals surface area contributed by atoms with Crippen LogP contribution in [0.4, 0.5) is 5.69 Å². The Bertz CT molecular complexity index is 1280. The third-order valence-corrected chi connectivity index (χ3v) is 6.15. The summed E-state index contributed by atoms with van der Waals surface area (Å²) in [5.41, 5.74) is 8.16. The van der Waals surface area contributed by atoms with E-state index >= 15 is 0 Å². The fraction of sp³-hybridized carbons (Fsp3) is 0.241. The van der Waals surface area contributed by atoms with Gasteiger partial charge >= 0.3 is 0 Å². The highest BCUT2D eigenvalue weighted by Gasteiger charge is 2.15. The van der Waals surface area contributed by atoms with Gasteiger partial charge in [0.2, 0.25) is 0 Å². The second kappa shape index (κ2) is 11.2. The lowest BCUT2D eigenvalue weighted by Crippen LogP contribution is -2.14. The number of aryl methyl sites for hydroxylation is 4. The van der Waals surface area contributed by atoms with Gasteiger partial charge in [-0.3, -0.25) is 4.79 Å². The van der Waals surface area contributed by atoms with E-state index in [0.29, 0.717) is 24.3 Å². The van der Waals surface area contributed by atoms with Gasteiger partial charge in [-0.15, -0.1) is 0 Å². The Morgan fingerprint density at radius 3 is 2.35 bits per heavy atom. The summed E-state index contributed by atoms with van der Waals surface area (Å²) in [5.74, 6) is 0.289. The van der Waals surface area contributed by atoms with Crippen LogP contribution < -0.4 is 10.1 Å². The smallest absolute Gasteiger partial charge is 0.266 e. The zero-order valence-electron chi connectivity index (χ0n) is 20.3. The molecule has 0 radical (unpaired) electrons.